The zero-order chi connectivity index (χ0) is 22.2. The van der Waals surface area contributed by atoms with Crippen LogP contribution in [0, 0.1) is 5.92 Å². The molecular formula is C27H31N3O2. The molecule has 3 atom stereocenters. The van der Waals surface area contributed by atoms with Gasteiger partial charge in [0.25, 0.3) is 5.56 Å². The smallest absolute Gasteiger partial charge is 0.261 e. The highest BCUT2D eigenvalue weighted by atomic mass is 16.3. The second-order valence-corrected chi connectivity index (χ2v) is 9.62. The standard InChI is InChI=1S/C27H31N3O2/c1-17(2)23-12-11-18(15-28-23)13-19-14-22-26(21-8-4-3-7-20(19)21)29-16-30(27(22)32)24-9-5-6-10-25(24)31/h3-4,8,11-12,14-17,20,24-25,31H,5-7,9-10,13H2,1-2H3/t20?,24-,25-/m0/s1. The fraction of sp³-hybridized carbons (Fsp3) is 0.444. The lowest BCUT2D eigenvalue weighted by atomic mass is 9.76. The third kappa shape index (κ3) is 3.79. The molecule has 3 aliphatic rings. The Hall–Kier alpha value is -2.79. The Morgan fingerprint density at radius 2 is 2.03 bits per heavy atom. The molecule has 2 aromatic rings. The minimum absolute atomic E-state index is 0.0411. The third-order valence-corrected chi connectivity index (χ3v) is 7.14. The van der Waals surface area contributed by atoms with Gasteiger partial charge in [-0.25, -0.2) is 4.98 Å². The van der Waals surface area contributed by atoms with Gasteiger partial charge < -0.3 is 5.11 Å². The maximum absolute atomic E-state index is 13.6. The van der Waals surface area contributed by atoms with Crippen LogP contribution in [-0.2, 0) is 6.42 Å². The number of nitrogens with zero attached hydrogens (tertiary/aromatic N) is 3. The van der Waals surface area contributed by atoms with E-state index in [0.29, 0.717) is 11.5 Å². The maximum Gasteiger partial charge on any atom is 0.261 e. The van der Waals surface area contributed by atoms with Gasteiger partial charge in [-0.1, -0.05) is 56.6 Å². The zero-order valence-corrected chi connectivity index (χ0v) is 18.9. The van der Waals surface area contributed by atoms with Crippen LogP contribution in [0.25, 0.3) is 11.6 Å². The number of hydrogen-bond acceptors (Lipinski definition) is 4. The van der Waals surface area contributed by atoms with Crippen LogP contribution in [0.1, 0.15) is 80.4 Å². The third-order valence-electron chi connectivity index (χ3n) is 7.14. The Labute approximate surface area is 189 Å². The van der Waals surface area contributed by atoms with E-state index < -0.39 is 6.10 Å². The molecule has 0 saturated heterocycles. The van der Waals surface area contributed by atoms with Gasteiger partial charge in [0.2, 0.25) is 0 Å². The number of allylic oxidation sites excluding steroid dienone is 5. The first-order valence-electron chi connectivity index (χ1n) is 11.8. The summed E-state index contributed by atoms with van der Waals surface area (Å²) < 4.78 is 1.68. The molecule has 0 amide bonds. The normalized spacial score (nSPS) is 24.6. The molecule has 0 bridgehead atoms. The van der Waals surface area contributed by atoms with Crippen LogP contribution < -0.4 is 5.56 Å². The molecule has 1 fully saturated rings. The Balaban J connectivity index is 1.55. The summed E-state index contributed by atoms with van der Waals surface area (Å²) in [4.78, 5) is 22.9. The monoisotopic (exact) mass is 429 g/mol. The number of aliphatic hydroxyl groups excluding tert-OH is 1. The molecule has 5 nitrogen and oxygen atoms in total. The molecule has 5 heteroatoms. The number of rotatable bonds is 4. The van der Waals surface area contributed by atoms with Crippen molar-refractivity contribution in [2.75, 3.05) is 0 Å². The van der Waals surface area contributed by atoms with Crippen LogP contribution in [0.2, 0.25) is 0 Å². The Morgan fingerprint density at radius 3 is 2.78 bits per heavy atom. The van der Waals surface area contributed by atoms with Crippen LogP contribution in [-0.4, -0.2) is 25.7 Å². The molecule has 166 valence electrons. The van der Waals surface area contributed by atoms with Crippen molar-refractivity contribution in [3.63, 3.8) is 0 Å². The summed E-state index contributed by atoms with van der Waals surface area (Å²) in [6.45, 7) is 4.30. The predicted molar refractivity (Wildman–Crippen MR) is 127 cm³/mol. The first-order valence-corrected chi connectivity index (χ1v) is 11.8. The largest absolute Gasteiger partial charge is 0.391 e. The van der Waals surface area contributed by atoms with E-state index in [4.69, 9.17) is 4.98 Å². The molecule has 0 spiro atoms. The minimum Gasteiger partial charge on any atom is -0.391 e. The van der Waals surface area contributed by atoms with Gasteiger partial charge in [-0.3, -0.25) is 14.3 Å². The molecule has 0 aliphatic heterocycles. The van der Waals surface area contributed by atoms with Crippen LogP contribution in [0.15, 0.2) is 53.3 Å². The highest BCUT2D eigenvalue weighted by molar-refractivity contribution is 5.82. The first-order chi connectivity index (χ1) is 15.5. The second kappa shape index (κ2) is 8.62. The molecule has 1 saturated carbocycles. The van der Waals surface area contributed by atoms with E-state index >= 15 is 0 Å². The van der Waals surface area contributed by atoms with E-state index in [-0.39, 0.29) is 17.5 Å². The molecule has 0 radical (unpaired) electrons. The van der Waals surface area contributed by atoms with E-state index in [1.165, 1.54) is 5.57 Å². The van der Waals surface area contributed by atoms with Gasteiger partial charge in [0.15, 0.2) is 0 Å². The zero-order valence-electron chi connectivity index (χ0n) is 18.9. The number of aliphatic hydroxyl groups is 1. The van der Waals surface area contributed by atoms with E-state index in [2.05, 4.69) is 55.3 Å². The van der Waals surface area contributed by atoms with Crippen molar-refractivity contribution in [3.05, 3.63) is 81.3 Å². The van der Waals surface area contributed by atoms with Crippen molar-refractivity contribution >= 4 is 11.6 Å². The summed E-state index contributed by atoms with van der Waals surface area (Å²) in [5.74, 6) is 0.641. The molecule has 2 heterocycles. The molecule has 32 heavy (non-hydrogen) atoms. The Morgan fingerprint density at radius 1 is 1.19 bits per heavy atom. The summed E-state index contributed by atoms with van der Waals surface area (Å²) in [5.41, 5.74) is 6.02. The van der Waals surface area contributed by atoms with Gasteiger partial charge in [0.1, 0.15) is 0 Å². The highest BCUT2D eigenvalue weighted by Crippen LogP contribution is 2.41. The summed E-state index contributed by atoms with van der Waals surface area (Å²) >= 11 is 0. The number of pyridine rings is 1. The van der Waals surface area contributed by atoms with E-state index in [1.807, 2.05) is 6.20 Å². The van der Waals surface area contributed by atoms with Gasteiger partial charge in [0, 0.05) is 17.8 Å². The van der Waals surface area contributed by atoms with Crippen molar-refractivity contribution in [1.29, 1.82) is 0 Å². The molecule has 1 N–H and O–H groups in total. The minimum atomic E-state index is -0.483. The van der Waals surface area contributed by atoms with Crippen molar-refractivity contribution in [2.24, 2.45) is 5.92 Å². The van der Waals surface area contributed by atoms with Crippen molar-refractivity contribution in [3.8, 4) is 0 Å². The predicted octanol–water partition coefficient (Wildman–Crippen LogP) is 4.84. The summed E-state index contributed by atoms with van der Waals surface area (Å²) in [6, 6.07) is 4.07. The summed E-state index contributed by atoms with van der Waals surface area (Å²) in [5, 5.41) is 10.5. The molecule has 3 aliphatic carbocycles. The number of aromatic nitrogens is 3. The van der Waals surface area contributed by atoms with Gasteiger partial charge >= 0.3 is 0 Å². The Bertz CT molecular complexity index is 1150. The lowest BCUT2D eigenvalue weighted by Gasteiger charge is -2.32. The van der Waals surface area contributed by atoms with Crippen LogP contribution in [0.3, 0.4) is 0 Å². The van der Waals surface area contributed by atoms with Gasteiger partial charge in [-0.2, -0.15) is 0 Å². The second-order valence-electron chi connectivity index (χ2n) is 9.62. The quantitative estimate of drug-likeness (QED) is 0.755. The van der Waals surface area contributed by atoms with E-state index in [0.717, 1.165) is 61.0 Å². The fourth-order valence-corrected chi connectivity index (χ4v) is 5.30. The molecule has 2 aromatic heterocycles. The van der Waals surface area contributed by atoms with Crippen LogP contribution in [0.5, 0.6) is 0 Å². The number of fused-ring (bicyclic) bond motifs is 3. The van der Waals surface area contributed by atoms with Crippen molar-refractivity contribution in [2.45, 2.75) is 70.4 Å². The van der Waals surface area contributed by atoms with E-state index in [1.54, 1.807) is 10.9 Å². The average molecular weight is 430 g/mol. The lowest BCUT2D eigenvalue weighted by Crippen LogP contribution is -2.37. The Kier molecular flexibility index (Phi) is 5.68. The van der Waals surface area contributed by atoms with Crippen LogP contribution >= 0.6 is 0 Å². The SMILES string of the molecule is CC(C)c1ccc(CC2=Cc3c(ncn([C@H]4CCCC[C@@H]4O)c3=O)C3=CC=CCC23)cn1. The van der Waals surface area contributed by atoms with Crippen molar-refractivity contribution in [1.82, 2.24) is 14.5 Å². The fourth-order valence-electron chi connectivity index (χ4n) is 5.30. The van der Waals surface area contributed by atoms with Gasteiger partial charge in [-0.15, -0.1) is 0 Å². The van der Waals surface area contributed by atoms with E-state index in [9.17, 15) is 9.90 Å². The number of hydrogen-bond donors (Lipinski definition) is 1. The van der Waals surface area contributed by atoms with Gasteiger partial charge in [-0.05, 0) is 54.9 Å². The summed E-state index contributed by atoms with van der Waals surface area (Å²) in [7, 11) is 0. The van der Waals surface area contributed by atoms with Gasteiger partial charge in [0.05, 0.1) is 29.7 Å². The lowest BCUT2D eigenvalue weighted by molar-refractivity contribution is 0.0731. The molecule has 5 rings (SSSR count). The topological polar surface area (TPSA) is 68.0 Å². The summed E-state index contributed by atoms with van der Waals surface area (Å²) in [6.07, 6.45) is 16.8. The maximum atomic E-state index is 13.6. The molecular weight excluding hydrogens is 398 g/mol. The molecule has 0 aromatic carbocycles. The highest BCUT2D eigenvalue weighted by Gasteiger charge is 2.32. The average Bonchev–Trinajstić information content (AvgIpc) is 2.81. The van der Waals surface area contributed by atoms with Crippen LogP contribution in [0.4, 0.5) is 0 Å². The first kappa shape index (κ1) is 21.1. The van der Waals surface area contributed by atoms with Crippen molar-refractivity contribution < 1.29 is 5.11 Å². The molecule has 1 unspecified atom stereocenters.